The van der Waals surface area contributed by atoms with Crippen molar-refractivity contribution < 1.29 is 14.3 Å². The number of carbonyl (C=O) groups excluding carboxylic acids is 1. The molecule has 0 unspecified atom stereocenters. The first-order chi connectivity index (χ1) is 15.2. The largest absolute Gasteiger partial charge is 0.496 e. The van der Waals surface area contributed by atoms with Crippen molar-refractivity contribution in [3.05, 3.63) is 48.2 Å². The maximum atomic E-state index is 12.2. The van der Waals surface area contributed by atoms with E-state index in [0.717, 1.165) is 34.5 Å². The van der Waals surface area contributed by atoms with Crippen LogP contribution in [0, 0.1) is 0 Å². The number of hydrogen-bond acceptors (Lipinski definition) is 6. The van der Waals surface area contributed by atoms with Crippen LogP contribution in [0.4, 0.5) is 4.79 Å². The van der Waals surface area contributed by atoms with Crippen LogP contribution in [0.15, 0.2) is 48.2 Å². The first-order valence-corrected chi connectivity index (χ1v) is 11.6. The van der Waals surface area contributed by atoms with Gasteiger partial charge >= 0.3 is 6.09 Å². The van der Waals surface area contributed by atoms with Crippen LogP contribution in [0.1, 0.15) is 45.4 Å². The zero-order chi connectivity index (χ0) is 21.9. The van der Waals surface area contributed by atoms with Crippen LogP contribution < -0.4 is 14.8 Å². The molecule has 164 valence electrons. The van der Waals surface area contributed by atoms with Crippen molar-refractivity contribution in [3.8, 4) is 33.2 Å². The van der Waals surface area contributed by atoms with Gasteiger partial charge in [0.2, 0.25) is 0 Å². The summed E-state index contributed by atoms with van der Waals surface area (Å²) < 4.78 is 11.0. The molecule has 1 amide bonds. The Morgan fingerprint density at radius 1 is 1.06 bits per heavy atom. The van der Waals surface area contributed by atoms with E-state index in [2.05, 4.69) is 22.2 Å². The van der Waals surface area contributed by atoms with E-state index in [1.807, 2.05) is 11.4 Å². The minimum atomic E-state index is -0.445. The maximum absolute atomic E-state index is 12.2. The number of carbonyl (C=O) groups is 1. The average molecular weight is 440 g/mol. The number of nitrogens with zero attached hydrogens (tertiary/aromatic N) is 2. The molecule has 7 heteroatoms. The predicted molar refractivity (Wildman–Crippen MR) is 125 cm³/mol. The highest BCUT2D eigenvalue weighted by Gasteiger charge is 2.12. The lowest BCUT2D eigenvalue weighted by Crippen LogP contribution is -2.27. The van der Waals surface area contributed by atoms with Crippen LogP contribution in [-0.2, 0) is 0 Å². The molecule has 0 atom stereocenters. The minimum absolute atomic E-state index is 0.445. The molecule has 3 rings (SSSR count). The number of unbranched alkanes of at least 4 members (excludes halogenated alkanes) is 5. The van der Waals surface area contributed by atoms with Crippen LogP contribution in [0.25, 0.3) is 21.7 Å². The zero-order valence-electron chi connectivity index (χ0n) is 18.1. The van der Waals surface area contributed by atoms with Gasteiger partial charge in [0.25, 0.3) is 0 Å². The van der Waals surface area contributed by atoms with Crippen molar-refractivity contribution in [1.82, 2.24) is 15.3 Å². The Morgan fingerprint density at radius 3 is 2.65 bits per heavy atom. The van der Waals surface area contributed by atoms with E-state index in [4.69, 9.17) is 9.47 Å². The van der Waals surface area contributed by atoms with E-state index in [-0.39, 0.29) is 0 Å². The molecule has 0 aliphatic heterocycles. The van der Waals surface area contributed by atoms with Crippen LogP contribution in [0.5, 0.6) is 11.5 Å². The molecule has 3 aromatic rings. The predicted octanol–water partition coefficient (Wildman–Crippen LogP) is 6.33. The number of ether oxygens (including phenoxy) is 2. The number of hydrogen-bond donors (Lipinski definition) is 1. The summed E-state index contributed by atoms with van der Waals surface area (Å²) in [5.41, 5.74) is 2.59. The SMILES string of the molecule is CCCCCCCCNC(=O)Oc1ccc(OC)c(-c2cncc(-c3nccs3)c2)c1. The monoisotopic (exact) mass is 439 g/mol. The van der Waals surface area contributed by atoms with E-state index >= 15 is 0 Å². The number of methoxy groups -OCH3 is 1. The lowest BCUT2D eigenvalue weighted by molar-refractivity contribution is 0.200. The third kappa shape index (κ3) is 6.79. The van der Waals surface area contributed by atoms with Crippen molar-refractivity contribution in [1.29, 1.82) is 0 Å². The van der Waals surface area contributed by atoms with Gasteiger partial charge in [0.1, 0.15) is 16.5 Å². The van der Waals surface area contributed by atoms with E-state index in [9.17, 15) is 4.79 Å². The summed E-state index contributed by atoms with van der Waals surface area (Å²) in [6, 6.07) is 7.32. The van der Waals surface area contributed by atoms with Crippen LogP contribution in [0.2, 0.25) is 0 Å². The Morgan fingerprint density at radius 2 is 1.87 bits per heavy atom. The van der Waals surface area contributed by atoms with Gasteiger partial charge in [-0.1, -0.05) is 39.0 Å². The number of pyridine rings is 1. The van der Waals surface area contributed by atoms with Gasteiger partial charge in [-0.3, -0.25) is 4.98 Å². The minimum Gasteiger partial charge on any atom is -0.496 e. The molecule has 0 aliphatic rings. The molecule has 31 heavy (non-hydrogen) atoms. The second-order valence-electron chi connectivity index (χ2n) is 7.25. The highest BCUT2D eigenvalue weighted by molar-refractivity contribution is 7.13. The van der Waals surface area contributed by atoms with E-state index < -0.39 is 6.09 Å². The molecule has 0 aliphatic carbocycles. The maximum Gasteiger partial charge on any atom is 0.412 e. The molecule has 0 spiro atoms. The molecule has 6 nitrogen and oxygen atoms in total. The van der Waals surface area contributed by atoms with Gasteiger partial charge in [-0.2, -0.15) is 0 Å². The number of aromatic nitrogens is 2. The fourth-order valence-corrected chi connectivity index (χ4v) is 3.91. The Balaban J connectivity index is 1.63. The molecule has 0 radical (unpaired) electrons. The first kappa shape index (κ1) is 22.7. The molecule has 2 aromatic heterocycles. The van der Waals surface area contributed by atoms with E-state index in [1.165, 1.54) is 25.7 Å². The molecular weight excluding hydrogens is 410 g/mol. The lowest BCUT2D eigenvalue weighted by atomic mass is 10.0. The van der Waals surface area contributed by atoms with Crippen LogP contribution >= 0.6 is 11.3 Å². The normalized spacial score (nSPS) is 10.6. The van der Waals surface area contributed by atoms with Gasteiger partial charge in [0.05, 0.1) is 7.11 Å². The third-order valence-electron chi connectivity index (χ3n) is 4.91. The summed E-state index contributed by atoms with van der Waals surface area (Å²) in [4.78, 5) is 20.9. The highest BCUT2D eigenvalue weighted by Crippen LogP contribution is 2.35. The van der Waals surface area contributed by atoms with Crippen LogP contribution in [-0.4, -0.2) is 29.7 Å². The van der Waals surface area contributed by atoms with Crippen molar-refractivity contribution in [3.63, 3.8) is 0 Å². The average Bonchev–Trinajstić information content (AvgIpc) is 3.34. The number of thiazole rings is 1. The second-order valence-corrected chi connectivity index (χ2v) is 8.14. The number of nitrogens with one attached hydrogen (secondary N) is 1. The molecule has 1 aromatic carbocycles. The van der Waals surface area contributed by atoms with Gasteiger partial charge < -0.3 is 14.8 Å². The molecule has 0 bridgehead atoms. The molecule has 2 heterocycles. The molecule has 1 N–H and O–H groups in total. The quantitative estimate of drug-likeness (QED) is 0.353. The summed E-state index contributed by atoms with van der Waals surface area (Å²) in [7, 11) is 1.62. The third-order valence-corrected chi connectivity index (χ3v) is 5.73. The Bertz CT molecular complexity index is 960. The summed E-state index contributed by atoms with van der Waals surface area (Å²) in [6.45, 7) is 2.82. The van der Waals surface area contributed by atoms with Gasteiger partial charge in [0, 0.05) is 47.2 Å². The number of rotatable bonds is 11. The van der Waals surface area contributed by atoms with Gasteiger partial charge in [-0.25, -0.2) is 9.78 Å². The molecule has 0 fully saturated rings. The smallest absolute Gasteiger partial charge is 0.412 e. The van der Waals surface area contributed by atoms with Gasteiger partial charge in [-0.05, 0) is 30.7 Å². The lowest BCUT2D eigenvalue weighted by Gasteiger charge is -2.12. The standard InChI is InChI=1S/C24H29N3O3S/c1-3-4-5-6-7-8-11-27-24(28)30-20-9-10-22(29-2)21(15-20)18-14-19(17-25-16-18)23-26-12-13-31-23/h9-10,12-17H,3-8,11H2,1-2H3,(H,27,28). The summed E-state index contributed by atoms with van der Waals surface area (Å²) in [5, 5.41) is 5.66. The molecule has 0 saturated heterocycles. The zero-order valence-corrected chi connectivity index (χ0v) is 18.9. The van der Waals surface area contributed by atoms with Crippen LogP contribution in [0.3, 0.4) is 0 Å². The van der Waals surface area contributed by atoms with Crippen molar-refractivity contribution in [2.24, 2.45) is 0 Å². The number of amides is 1. The van der Waals surface area contributed by atoms with Crippen molar-refractivity contribution in [2.45, 2.75) is 45.4 Å². The number of benzene rings is 1. The first-order valence-electron chi connectivity index (χ1n) is 10.7. The summed E-state index contributed by atoms with van der Waals surface area (Å²) >= 11 is 1.56. The second kappa shape index (κ2) is 12.1. The van der Waals surface area contributed by atoms with E-state index in [0.29, 0.717) is 18.0 Å². The highest BCUT2D eigenvalue weighted by atomic mass is 32.1. The van der Waals surface area contributed by atoms with Gasteiger partial charge in [0.15, 0.2) is 0 Å². The van der Waals surface area contributed by atoms with Crippen molar-refractivity contribution >= 4 is 17.4 Å². The van der Waals surface area contributed by atoms with Crippen molar-refractivity contribution in [2.75, 3.05) is 13.7 Å². The molecular formula is C24H29N3O3S. The van der Waals surface area contributed by atoms with E-state index in [1.54, 1.807) is 55.2 Å². The summed E-state index contributed by atoms with van der Waals surface area (Å²) in [5.74, 6) is 1.13. The summed E-state index contributed by atoms with van der Waals surface area (Å²) in [6.07, 6.45) is 11.9. The van der Waals surface area contributed by atoms with Gasteiger partial charge in [-0.15, -0.1) is 11.3 Å². The topological polar surface area (TPSA) is 73.3 Å². The molecule has 0 saturated carbocycles. The fourth-order valence-electron chi connectivity index (χ4n) is 3.29. The Labute approximate surface area is 187 Å². The Hall–Kier alpha value is -2.93. The fraction of sp³-hybridized carbons (Fsp3) is 0.375. The Kier molecular flexibility index (Phi) is 8.84.